The van der Waals surface area contributed by atoms with Crippen molar-refractivity contribution in [3.63, 3.8) is 0 Å². The summed E-state index contributed by atoms with van der Waals surface area (Å²) >= 11 is 1.40. The maximum Gasteiger partial charge on any atom is 0.267 e. The van der Waals surface area contributed by atoms with Crippen LogP contribution in [0.2, 0.25) is 0 Å². The number of carbonyl (C=O) groups excluding carboxylic acids is 1. The van der Waals surface area contributed by atoms with Crippen molar-refractivity contribution in [3.05, 3.63) is 45.4 Å². The lowest BCUT2D eigenvalue weighted by Gasteiger charge is -2.04. The van der Waals surface area contributed by atoms with Gasteiger partial charge in [-0.3, -0.25) is 4.79 Å². The van der Waals surface area contributed by atoms with Crippen molar-refractivity contribution < 1.29 is 4.79 Å². The van der Waals surface area contributed by atoms with Gasteiger partial charge in [-0.2, -0.15) is 0 Å². The van der Waals surface area contributed by atoms with E-state index in [9.17, 15) is 4.79 Å². The summed E-state index contributed by atoms with van der Waals surface area (Å²) in [5, 5.41) is 3.74. The molecule has 1 heterocycles. The number of hydrogen-bond donors (Lipinski definition) is 2. The van der Waals surface area contributed by atoms with Crippen LogP contribution in [0.5, 0.6) is 0 Å². The van der Waals surface area contributed by atoms with Gasteiger partial charge in [0.25, 0.3) is 5.91 Å². The number of nitrogens with one attached hydrogen (secondary N) is 1. The third-order valence-corrected chi connectivity index (χ3v) is 3.66. The highest BCUT2D eigenvalue weighted by atomic mass is 32.1. The van der Waals surface area contributed by atoms with Gasteiger partial charge in [0.2, 0.25) is 0 Å². The van der Waals surface area contributed by atoms with E-state index in [0.29, 0.717) is 11.4 Å². The van der Waals surface area contributed by atoms with Gasteiger partial charge in [0.15, 0.2) is 0 Å². The van der Waals surface area contributed by atoms with Crippen molar-refractivity contribution >= 4 is 22.9 Å². The second kappa shape index (κ2) is 6.33. The van der Waals surface area contributed by atoms with Crippen LogP contribution in [0.4, 0.5) is 5.69 Å². The second-order valence-corrected chi connectivity index (χ2v) is 5.39. The van der Waals surface area contributed by atoms with E-state index in [2.05, 4.69) is 22.1 Å². The van der Waals surface area contributed by atoms with Crippen molar-refractivity contribution in [1.29, 1.82) is 0 Å². The Morgan fingerprint density at radius 1 is 1.35 bits per heavy atom. The third kappa shape index (κ3) is 3.44. The van der Waals surface area contributed by atoms with Crippen LogP contribution >= 0.6 is 11.3 Å². The molecule has 3 N–H and O–H groups in total. The van der Waals surface area contributed by atoms with E-state index in [0.717, 1.165) is 22.0 Å². The van der Waals surface area contributed by atoms with Crippen LogP contribution in [0.1, 0.15) is 25.9 Å². The molecular formula is C15H15N3OS. The molecule has 20 heavy (non-hydrogen) atoms. The quantitative estimate of drug-likeness (QED) is 0.832. The van der Waals surface area contributed by atoms with Crippen LogP contribution in [-0.2, 0) is 0 Å². The molecule has 0 aliphatic heterocycles. The first kappa shape index (κ1) is 14.3. The average Bonchev–Trinajstić information content (AvgIpc) is 2.77. The molecule has 4 nitrogen and oxygen atoms in total. The standard InChI is InChI=1S/C15H15N3OS/c1-10-14(20-11(2)17-10)15(19)18-13-7-5-12(6-8-13)4-3-9-16/h5-8H,9,16H2,1-2H3,(H,18,19). The molecule has 0 unspecified atom stereocenters. The Morgan fingerprint density at radius 2 is 2.05 bits per heavy atom. The monoisotopic (exact) mass is 285 g/mol. The molecular weight excluding hydrogens is 270 g/mol. The van der Waals surface area contributed by atoms with Crippen LogP contribution in [0.15, 0.2) is 24.3 Å². The highest BCUT2D eigenvalue weighted by molar-refractivity contribution is 7.13. The van der Waals surface area contributed by atoms with Crippen LogP contribution in [0, 0.1) is 25.7 Å². The summed E-state index contributed by atoms with van der Waals surface area (Å²) in [6, 6.07) is 7.34. The molecule has 0 radical (unpaired) electrons. The van der Waals surface area contributed by atoms with Crippen LogP contribution in [0.3, 0.4) is 0 Å². The van der Waals surface area contributed by atoms with Gasteiger partial charge in [-0.05, 0) is 38.1 Å². The van der Waals surface area contributed by atoms with E-state index in [1.165, 1.54) is 11.3 Å². The Morgan fingerprint density at radius 3 is 2.60 bits per heavy atom. The van der Waals surface area contributed by atoms with Gasteiger partial charge >= 0.3 is 0 Å². The molecule has 0 bridgehead atoms. The van der Waals surface area contributed by atoms with E-state index < -0.39 is 0 Å². The lowest BCUT2D eigenvalue weighted by molar-refractivity contribution is 0.103. The lowest BCUT2D eigenvalue weighted by Crippen LogP contribution is -2.11. The smallest absolute Gasteiger partial charge is 0.267 e. The van der Waals surface area contributed by atoms with Crippen LogP contribution < -0.4 is 11.1 Å². The van der Waals surface area contributed by atoms with Crippen molar-refractivity contribution in [2.24, 2.45) is 5.73 Å². The molecule has 0 atom stereocenters. The van der Waals surface area contributed by atoms with E-state index in [-0.39, 0.29) is 5.91 Å². The highest BCUT2D eigenvalue weighted by Gasteiger charge is 2.13. The third-order valence-electron chi connectivity index (χ3n) is 2.59. The molecule has 0 aliphatic rings. The molecule has 0 saturated heterocycles. The number of nitrogens with zero attached hydrogens (tertiary/aromatic N) is 1. The van der Waals surface area contributed by atoms with Crippen molar-refractivity contribution in [3.8, 4) is 11.8 Å². The summed E-state index contributed by atoms with van der Waals surface area (Å²) in [5.74, 6) is 5.59. The molecule has 5 heteroatoms. The molecule has 102 valence electrons. The minimum absolute atomic E-state index is 0.131. The zero-order valence-corrected chi connectivity index (χ0v) is 12.2. The number of benzene rings is 1. The summed E-state index contributed by atoms with van der Waals surface area (Å²) in [5.41, 5.74) is 7.69. The second-order valence-electron chi connectivity index (χ2n) is 4.18. The topological polar surface area (TPSA) is 68.0 Å². The zero-order chi connectivity index (χ0) is 14.5. The summed E-state index contributed by atoms with van der Waals surface area (Å²) in [7, 11) is 0. The fourth-order valence-electron chi connectivity index (χ4n) is 1.72. The van der Waals surface area contributed by atoms with Crippen molar-refractivity contribution in [2.75, 3.05) is 11.9 Å². The van der Waals surface area contributed by atoms with Gasteiger partial charge < -0.3 is 11.1 Å². The van der Waals surface area contributed by atoms with E-state index in [4.69, 9.17) is 5.73 Å². The predicted octanol–water partition coefficient (Wildman–Crippen LogP) is 2.32. The number of anilines is 1. The molecule has 2 rings (SSSR count). The molecule has 0 saturated carbocycles. The van der Waals surface area contributed by atoms with Crippen molar-refractivity contribution in [1.82, 2.24) is 4.98 Å². The number of nitrogens with two attached hydrogens (primary N) is 1. The number of hydrogen-bond acceptors (Lipinski definition) is 4. The van der Waals surface area contributed by atoms with E-state index in [1.54, 1.807) is 0 Å². The summed E-state index contributed by atoms with van der Waals surface area (Å²) in [6.45, 7) is 4.06. The van der Waals surface area contributed by atoms with Gasteiger partial charge in [0.05, 0.1) is 17.2 Å². The lowest BCUT2D eigenvalue weighted by atomic mass is 10.2. The molecule has 1 amide bonds. The highest BCUT2D eigenvalue weighted by Crippen LogP contribution is 2.19. The maximum atomic E-state index is 12.1. The summed E-state index contributed by atoms with van der Waals surface area (Å²) in [6.07, 6.45) is 0. The van der Waals surface area contributed by atoms with E-state index in [1.807, 2.05) is 38.1 Å². The normalized spacial score (nSPS) is 9.75. The molecule has 1 aromatic carbocycles. The zero-order valence-electron chi connectivity index (χ0n) is 11.4. The van der Waals surface area contributed by atoms with Crippen LogP contribution in [0.25, 0.3) is 0 Å². The number of aryl methyl sites for hydroxylation is 2. The summed E-state index contributed by atoms with van der Waals surface area (Å²) in [4.78, 5) is 17.0. The van der Waals surface area contributed by atoms with Gasteiger partial charge in [0.1, 0.15) is 4.88 Å². The van der Waals surface area contributed by atoms with Gasteiger partial charge in [-0.25, -0.2) is 4.98 Å². The first-order valence-electron chi connectivity index (χ1n) is 6.14. The number of carbonyl (C=O) groups is 1. The predicted molar refractivity (Wildman–Crippen MR) is 81.9 cm³/mol. The van der Waals surface area contributed by atoms with E-state index >= 15 is 0 Å². The van der Waals surface area contributed by atoms with Crippen LogP contribution in [-0.4, -0.2) is 17.4 Å². The molecule has 0 spiro atoms. The summed E-state index contributed by atoms with van der Waals surface area (Å²) < 4.78 is 0. The van der Waals surface area contributed by atoms with Crippen molar-refractivity contribution in [2.45, 2.75) is 13.8 Å². The number of amides is 1. The Balaban J connectivity index is 2.10. The minimum atomic E-state index is -0.131. The number of thiazole rings is 1. The fourth-order valence-corrected chi connectivity index (χ4v) is 2.53. The van der Waals surface area contributed by atoms with Gasteiger partial charge in [0, 0.05) is 11.3 Å². The molecule has 2 aromatic rings. The average molecular weight is 285 g/mol. The Bertz CT molecular complexity index is 677. The Labute approximate surface area is 122 Å². The molecule has 0 fully saturated rings. The van der Waals surface area contributed by atoms with Gasteiger partial charge in [-0.15, -0.1) is 11.3 Å². The Hall–Kier alpha value is -2.16. The SMILES string of the molecule is Cc1nc(C)c(C(=O)Nc2ccc(C#CCN)cc2)s1. The molecule has 1 aromatic heterocycles. The van der Waals surface area contributed by atoms with Gasteiger partial charge in [-0.1, -0.05) is 11.8 Å². The fraction of sp³-hybridized carbons (Fsp3) is 0.200. The number of aromatic nitrogens is 1. The first-order valence-corrected chi connectivity index (χ1v) is 6.96. The number of rotatable bonds is 2. The largest absolute Gasteiger partial charge is 0.321 e. The Kier molecular flexibility index (Phi) is 4.51. The first-order chi connectivity index (χ1) is 9.60. The minimum Gasteiger partial charge on any atom is -0.321 e. The molecule has 0 aliphatic carbocycles. The maximum absolute atomic E-state index is 12.1.